The Morgan fingerprint density at radius 1 is 1.03 bits per heavy atom. The van der Waals surface area contributed by atoms with Crippen LogP contribution in [0.3, 0.4) is 0 Å². The van der Waals surface area contributed by atoms with Crippen molar-refractivity contribution in [1.29, 1.82) is 0 Å². The summed E-state index contributed by atoms with van der Waals surface area (Å²) in [6.07, 6.45) is 0.336. The predicted molar refractivity (Wildman–Crippen MR) is 113 cm³/mol. The van der Waals surface area contributed by atoms with Gasteiger partial charge in [0.1, 0.15) is 5.75 Å². The summed E-state index contributed by atoms with van der Waals surface area (Å²) in [4.78, 5) is 19.2. The molecule has 4 rings (SSSR count). The van der Waals surface area contributed by atoms with Crippen LogP contribution in [-0.2, 0) is 4.79 Å². The lowest BCUT2D eigenvalue weighted by Crippen LogP contribution is -2.28. The third-order valence-corrected chi connectivity index (χ3v) is 5.66. The molecule has 0 radical (unpaired) electrons. The topological polar surface area (TPSA) is 86.9 Å². The van der Waals surface area contributed by atoms with Gasteiger partial charge in [0.2, 0.25) is 5.91 Å². The zero-order valence-corrected chi connectivity index (χ0v) is 18.0. The molecule has 31 heavy (non-hydrogen) atoms. The Balaban J connectivity index is 1.53. The van der Waals surface area contributed by atoms with Gasteiger partial charge in [-0.1, -0.05) is 23.4 Å². The predicted octanol–water partition coefficient (Wildman–Crippen LogP) is 3.84. The first-order chi connectivity index (χ1) is 15.0. The summed E-state index contributed by atoms with van der Waals surface area (Å²) in [5, 5.41) is 4.14. The molecule has 0 aliphatic carbocycles. The van der Waals surface area contributed by atoms with Crippen LogP contribution >= 0.6 is 0 Å². The molecule has 2 atom stereocenters. The minimum Gasteiger partial charge on any atom is -0.496 e. The highest BCUT2D eigenvalue weighted by Gasteiger charge is 2.37. The van der Waals surface area contributed by atoms with Gasteiger partial charge in [-0.05, 0) is 36.8 Å². The number of rotatable bonds is 7. The molecule has 1 aliphatic rings. The van der Waals surface area contributed by atoms with E-state index in [1.807, 2.05) is 54.3 Å². The summed E-state index contributed by atoms with van der Waals surface area (Å²) in [7, 11) is 4.79. The number of benzene rings is 2. The molecule has 0 spiro atoms. The molecule has 2 unspecified atom stereocenters. The number of likely N-dealkylation sites (tertiary alicyclic amines) is 1. The minimum atomic E-state index is -0.137. The minimum absolute atomic E-state index is 0.0518. The maximum Gasteiger partial charge on any atom is 0.261 e. The number of ether oxygens (including phenoxy) is 3. The second kappa shape index (κ2) is 8.67. The number of methoxy groups -OCH3 is 3. The van der Waals surface area contributed by atoms with Gasteiger partial charge >= 0.3 is 0 Å². The van der Waals surface area contributed by atoms with Crippen molar-refractivity contribution in [2.24, 2.45) is 0 Å². The number of hydrogen-bond donors (Lipinski definition) is 0. The molecule has 1 aromatic heterocycles. The molecule has 0 bridgehead atoms. The zero-order chi connectivity index (χ0) is 22.0. The van der Waals surface area contributed by atoms with Crippen molar-refractivity contribution in [1.82, 2.24) is 15.0 Å². The molecular weight excluding hydrogens is 398 g/mol. The Labute approximate surface area is 180 Å². The lowest BCUT2D eigenvalue weighted by molar-refractivity contribution is -0.129. The van der Waals surface area contributed by atoms with Crippen LogP contribution in [0.5, 0.6) is 17.2 Å². The van der Waals surface area contributed by atoms with Crippen molar-refractivity contribution >= 4 is 5.91 Å². The molecule has 1 amide bonds. The standard InChI is InChI=1S/C23H25N3O5/c1-14(15-9-10-19(29-3)20(11-15)30-4)26-13-16(12-21(26)27)22-24-23(31-25-22)17-7-5-6-8-18(17)28-2/h5-11,14,16H,12-13H2,1-4H3. The van der Waals surface area contributed by atoms with Gasteiger partial charge in [-0.25, -0.2) is 0 Å². The first-order valence-electron chi connectivity index (χ1n) is 10.0. The van der Waals surface area contributed by atoms with Gasteiger partial charge in [-0.3, -0.25) is 4.79 Å². The number of amides is 1. The second-order valence-electron chi connectivity index (χ2n) is 7.40. The van der Waals surface area contributed by atoms with Crippen molar-refractivity contribution < 1.29 is 23.5 Å². The summed E-state index contributed by atoms with van der Waals surface area (Å²) in [5.74, 6) is 2.76. The van der Waals surface area contributed by atoms with Crippen LogP contribution in [-0.4, -0.2) is 48.8 Å². The lowest BCUT2D eigenvalue weighted by atomic mass is 10.1. The molecule has 3 aromatic rings. The van der Waals surface area contributed by atoms with Gasteiger partial charge in [-0.2, -0.15) is 4.98 Å². The van der Waals surface area contributed by atoms with E-state index in [9.17, 15) is 4.79 Å². The summed E-state index contributed by atoms with van der Waals surface area (Å²) >= 11 is 0. The number of carbonyl (C=O) groups is 1. The van der Waals surface area contributed by atoms with Crippen LogP contribution in [0.4, 0.5) is 0 Å². The van der Waals surface area contributed by atoms with Crippen LogP contribution in [0.1, 0.15) is 36.7 Å². The molecule has 1 fully saturated rings. The summed E-state index contributed by atoms with van der Waals surface area (Å²) in [6, 6.07) is 13.0. The van der Waals surface area contributed by atoms with Gasteiger partial charge in [0.25, 0.3) is 5.89 Å². The summed E-state index contributed by atoms with van der Waals surface area (Å²) in [6.45, 7) is 2.51. The summed E-state index contributed by atoms with van der Waals surface area (Å²) in [5.41, 5.74) is 1.69. The van der Waals surface area contributed by atoms with E-state index in [1.165, 1.54) is 0 Å². The van der Waals surface area contributed by atoms with Crippen LogP contribution in [0, 0.1) is 0 Å². The SMILES string of the molecule is COc1ccc(C(C)N2CC(c3noc(-c4ccccc4OC)n3)CC2=O)cc1OC. The van der Waals surface area contributed by atoms with E-state index < -0.39 is 0 Å². The van der Waals surface area contributed by atoms with E-state index in [4.69, 9.17) is 18.7 Å². The van der Waals surface area contributed by atoms with Gasteiger partial charge in [-0.15, -0.1) is 0 Å². The molecule has 162 valence electrons. The highest BCUT2D eigenvalue weighted by molar-refractivity contribution is 5.80. The maximum absolute atomic E-state index is 12.8. The molecule has 1 aliphatic heterocycles. The van der Waals surface area contributed by atoms with E-state index in [0.29, 0.717) is 41.9 Å². The van der Waals surface area contributed by atoms with Gasteiger partial charge in [0, 0.05) is 18.9 Å². The Bertz CT molecular complexity index is 1080. The first-order valence-corrected chi connectivity index (χ1v) is 10.0. The lowest BCUT2D eigenvalue weighted by Gasteiger charge is -2.25. The van der Waals surface area contributed by atoms with Crippen LogP contribution in [0.2, 0.25) is 0 Å². The average molecular weight is 423 g/mol. The largest absolute Gasteiger partial charge is 0.496 e. The van der Waals surface area contributed by atoms with Gasteiger partial charge in [0.05, 0.1) is 32.9 Å². The quantitative estimate of drug-likeness (QED) is 0.571. The third-order valence-electron chi connectivity index (χ3n) is 5.66. The molecule has 8 heteroatoms. The monoisotopic (exact) mass is 423 g/mol. The fourth-order valence-corrected chi connectivity index (χ4v) is 3.90. The molecule has 0 N–H and O–H groups in total. The van der Waals surface area contributed by atoms with E-state index in [2.05, 4.69) is 10.1 Å². The Morgan fingerprint density at radius 2 is 1.77 bits per heavy atom. The van der Waals surface area contributed by atoms with E-state index >= 15 is 0 Å². The summed E-state index contributed by atoms with van der Waals surface area (Å²) < 4.78 is 21.6. The van der Waals surface area contributed by atoms with Crippen molar-refractivity contribution in [2.45, 2.75) is 25.3 Å². The second-order valence-corrected chi connectivity index (χ2v) is 7.40. The molecular formula is C23H25N3O5. The van der Waals surface area contributed by atoms with Crippen molar-refractivity contribution in [3.8, 4) is 28.7 Å². The normalized spacial score (nSPS) is 17.0. The van der Waals surface area contributed by atoms with Crippen molar-refractivity contribution in [3.63, 3.8) is 0 Å². The van der Waals surface area contributed by atoms with E-state index in [0.717, 1.165) is 11.1 Å². The van der Waals surface area contributed by atoms with Crippen LogP contribution in [0.15, 0.2) is 47.0 Å². The zero-order valence-electron chi connectivity index (χ0n) is 18.0. The highest BCUT2D eigenvalue weighted by atomic mass is 16.5. The van der Waals surface area contributed by atoms with Crippen LogP contribution < -0.4 is 14.2 Å². The van der Waals surface area contributed by atoms with Crippen molar-refractivity contribution in [3.05, 3.63) is 53.9 Å². The fraction of sp³-hybridized carbons (Fsp3) is 0.348. The number of para-hydroxylation sites is 1. The Kier molecular flexibility index (Phi) is 5.79. The molecule has 1 saturated heterocycles. The molecule has 2 aromatic carbocycles. The smallest absolute Gasteiger partial charge is 0.261 e. The number of carbonyl (C=O) groups excluding carboxylic acids is 1. The van der Waals surface area contributed by atoms with Crippen molar-refractivity contribution in [2.75, 3.05) is 27.9 Å². The highest BCUT2D eigenvalue weighted by Crippen LogP contribution is 2.37. The Hall–Kier alpha value is -3.55. The van der Waals surface area contributed by atoms with E-state index in [-0.39, 0.29) is 17.9 Å². The first kappa shape index (κ1) is 20.7. The molecule has 8 nitrogen and oxygen atoms in total. The number of aromatic nitrogens is 2. The average Bonchev–Trinajstić information content (AvgIpc) is 3.45. The van der Waals surface area contributed by atoms with Crippen LogP contribution in [0.25, 0.3) is 11.5 Å². The maximum atomic E-state index is 12.8. The number of hydrogen-bond acceptors (Lipinski definition) is 7. The number of nitrogens with zero attached hydrogens (tertiary/aromatic N) is 3. The third kappa shape index (κ3) is 3.93. The molecule has 0 saturated carbocycles. The molecule has 2 heterocycles. The van der Waals surface area contributed by atoms with Gasteiger partial charge in [0.15, 0.2) is 17.3 Å². The van der Waals surface area contributed by atoms with E-state index in [1.54, 1.807) is 21.3 Å². The van der Waals surface area contributed by atoms with Gasteiger partial charge < -0.3 is 23.6 Å². The Morgan fingerprint density at radius 3 is 2.52 bits per heavy atom. The fourth-order valence-electron chi connectivity index (χ4n) is 3.90.